The molecule has 29 heavy (non-hydrogen) atoms. The Kier molecular flexibility index (Phi) is 6.63. The summed E-state index contributed by atoms with van der Waals surface area (Å²) in [6.07, 6.45) is 1.13. The highest BCUT2D eigenvalue weighted by molar-refractivity contribution is 5.83. The van der Waals surface area contributed by atoms with Crippen LogP contribution >= 0.6 is 0 Å². The molecule has 1 aliphatic rings. The van der Waals surface area contributed by atoms with Crippen molar-refractivity contribution in [3.63, 3.8) is 0 Å². The topological polar surface area (TPSA) is 82.1 Å². The maximum Gasteiger partial charge on any atom is 0.420 e. The van der Waals surface area contributed by atoms with Crippen molar-refractivity contribution in [2.75, 3.05) is 0 Å². The first-order valence-electron chi connectivity index (χ1n) is 9.18. The molecule has 3 rings (SSSR count). The highest BCUT2D eigenvalue weighted by Crippen LogP contribution is 2.25. The smallest absolute Gasteiger partial charge is 0.420 e. The zero-order valence-electron chi connectivity index (χ0n) is 15.9. The van der Waals surface area contributed by atoms with Gasteiger partial charge in [-0.15, -0.1) is 0 Å². The molecular weight excluding hydrogens is 374 g/mol. The molecular formula is C22H21NO6. The molecule has 1 aliphatic heterocycles. The Morgan fingerprint density at radius 2 is 1.62 bits per heavy atom. The van der Waals surface area contributed by atoms with E-state index in [1.165, 1.54) is 13.1 Å². The molecule has 0 saturated carbocycles. The molecule has 1 atom stereocenters. The third-order valence-corrected chi connectivity index (χ3v) is 4.21. The van der Waals surface area contributed by atoms with Crippen LogP contribution in [0.15, 0.2) is 72.6 Å². The summed E-state index contributed by atoms with van der Waals surface area (Å²) >= 11 is 0. The van der Waals surface area contributed by atoms with E-state index < -0.39 is 24.1 Å². The van der Waals surface area contributed by atoms with Crippen LogP contribution in [0.25, 0.3) is 0 Å². The summed E-state index contributed by atoms with van der Waals surface area (Å²) in [5.41, 5.74) is 0.839. The van der Waals surface area contributed by atoms with Gasteiger partial charge in [0, 0.05) is 19.5 Å². The van der Waals surface area contributed by atoms with Crippen LogP contribution in [0.2, 0.25) is 0 Å². The van der Waals surface area contributed by atoms with Crippen LogP contribution in [0.1, 0.15) is 25.3 Å². The van der Waals surface area contributed by atoms with Gasteiger partial charge in [-0.3, -0.25) is 9.69 Å². The minimum Gasteiger partial charge on any atom is -0.459 e. The molecule has 1 heterocycles. The first-order valence-corrected chi connectivity index (χ1v) is 9.18. The van der Waals surface area contributed by atoms with Gasteiger partial charge in [-0.05, 0) is 24.1 Å². The van der Waals surface area contributed by atoms with Gasteiger partial charge in [0.15, 0.2) is 0 Å². The second-order valence-corrected chi connectivity index (χ2v) is 6.43. The predicted octanol–water partition coefficient (Wildman–Crippen LogP) is 3.80. The Hall–Kier alpha value is -3.61. The van der Waals surface area contributed by atoms with E-state index in [1.54, 1.807) is 30.3 Å². The maximum atomic E-state index is 12.7. The Balaban J connectivity index is 1.74. The zero-order chi connectivity index (χ0) is 20.6. The number of carbonyl (C=O) groups excluding carboxylic acids is 3. The Bertz CT molecular complexity index is 894. The number of para-hydroxylation sites is 1. The molecule has 2 aromatic rings. The monoisotopic (exact) mass is 395 g/mol. The second-order valence-electron chi connectivity index (χ2n) is 6.43. The second kappa shape index (κ2) is 9.54. The van der Waals surface area contributed by atoms with Gasteiger partial charge in [-0.1, -0.05) is 48.5 Å². The minimum absolute atomic E-state index is 0.0955. The van der Waals surface area contributed by atoms with Gasteiger partial charge in [0.1, 0.15) is 24.2 Å². The van der Waals surface area contributed by atoms with Crippen molar-refractivity contribution < 1.29 is 28.6 Å². The quantitative estimate of drug-likeness (QED) is 0.717. The lowest BCUT2D eigenvalue weighted by atomic mass is 10.1. The van der Waals surface area contributed by atoms with Gasteiger partial charge in [-0.2, -0.15) is 0 Å². The standard InChI is InChI=1S/C22H21NO6/c1-16(24)28-19-12-13-20(21(25)27-15-17-8-4-2-5-9-17)23(14-19)22(26)29-18-10-6-3-7-11-18/h2-11,14,20H,12-13,15H2,1H3/t20-/m0/s1. The van der Waals surface area contributed by atoms with E-state index >= 15 is 0 Å². The first-order chi connectivity index (χ1) is 14.0. The summed E-state index contributed by atoms with van der Waals surface area (Å²) in [5.74, 6) is -0.439. The molecule has 0 fully saturated rings. The maximum absolute atomic E-state index is 12.7. The summed E-state index contributed by atoms with van der Waals surface area (Å²) in [7, 11) is 0. The SMILES string of the molecule is CC(=O)OC1=CN(C(=O)Oc2ccccc2)[C@H](C(=O)OCc2ccccc2)CC1. The van der Waals surface area contributed by atoms with Crippen molar-refractivity contribution in [2.24, 2.45) is 0 Å². The van der Waals surface area contributed by atoms with Crippen LogP contribution in [0.5, 0.6) is 5.75 Å². The molecule has 0 N–H and O–H groups in total. The average molecular weight is 395 g/mol. The zero-order valence-corrected chi connectivity index (χ0v) is 15.9. The van der Waals surface area contributed by atoms with E-state index in [2.05, 4.69) is 0 Å². The number of esters is 2. The van der Waals surface area contributed by atoms with E-state index in [0.29, 0.717) is 12.2 Å². The van der Waals surface area contributed by atoms with Crippen LogP contribution in [0.3, 0.4) is 0 Å². The normalized spacial score (nSPS) is 15.8. The van der Waals surface area contributed by atoms with Crippen LogP contribution < -0.4 is 4.74 Å². The number of hydrogen-bond donors (Lipinski definition) is 0. The van der Waals surface area contributed by atoms with Crippen molar-refractivity contribution in [3.8, 4) is 5.75 Å². The Morgan fingerprint density at radius 3 is 2.28 bits per heavy atom. The molecule has 0 spiro atoms. The van der Waals surface area contributed by atoms with Crippen molar-refractivity contribution in [3.05, 3.63) is 78.2 Å². The molecule has 0 aliphatic carbocycles. The van der Waals surface area contributed by atoms with E-state index in [-0.39, 0.29) is 18.8 Å². The molecule has 2 aromatic carbocycles. The summed E-state index contributed by atoms with van der Waals surface area (Å²) in [5, 5.41) is 0. The molecule has 7 nitrogen and oxygen atoms in total. The van der Waals surface area contributed by atoms with Gasteiger partial charge in [0.2, 0.25) is 0 Å². The Morgan fingerprint density at radius 1 is 0.966 bits per heavy atom. The fourth-order valence-corrected chi connectivity index (χ4v) is 2.87. The van der Waals surface area contributed by atoms with Crippen LogP contribution in [-0.4, -0.2) is 29.0 Å². The summed E-state index contributed by atoms with van der Waals surface area (Å²) in [4.78, 5) is 37.7. The number of rotatable bonds is 5. The molecule has 0 aromatic heterocycles. The van der Waals surface area contributed by atoms with Crippen LogP contribution in [-0.2, 0) is 25.7 Å². The summed E-state index contributed by atoms with van der Waals surface area (Å²) < 4.78 is 15.8. The fourth-order valence-electron chi connectivity index (χ4n) is 2.87. The van der Waals surface area contributed by atoms with E-state index in [0.717, 1.165) is 10.5 Å². The molecule has 7 heteroatoms. The first kappa shape index (κ1) is 20.1. The number of carbonyl (C=O) groups is 3. The lowest BCUT2D eigenvalue weighted by Gasteiger charge is -2.30. The number of nitrogens with zero attached hydrogens (tertiary/aromatic N) is 1. The minimum atomic E-state index is -0.880. The molecule has 0 saturated heterocycles. The number of allylic oxidation sites excluding steroid dienone is 1. The largest absolute Gasteiger partial charge is 0.459 e. The Labute approximate surface area is 168 Å². The lowest BCUT2D eigenvalue weighted by molar-refractivity contribution is -0.150. The lowest BCUT2D eigenvalue weighted by Crippen LogP contribution is -2.46. The molecule has 0 unspecified atom stereocenters. The van der Waals surface area contributed by atoms with Crippen LogP contribution in [0.4, 0.5) is 4.79 Å². The molecule has 0 radical (unpaired) electrons. The van der Waals surface area contributed by atoms with Crippen molar-refractivity contribution >= 4 is 18.0 Å². The van der Waals surface area contributed by atoms with Gasteiger partial charge in [0.05, 0.1) is 0 Å². The number of benzene rings is 2. The molecule has 0 bridgehead atoms. The van der Waals surface area contributed by atoms with Gasteiger partial charge >= 0.3 is 18.0 Å². The van der Waals surface area contributed by atoms with E-state index in [1.807, 2.05) is 30.3 Å². The molecule has 1 amide bonds. The third kappa shape index (κ3) is 5.68. The van der Waals surface area contributed by atoms with Crippen molar-refractivity contribution in [2.45, 2.75) is 32.4 Å². The van der Waals surface area contributed by atoms with Gasteiger partial charge in [-0.25, -0.2) is 9.59 Å². The third-order valence-electron chi connectivity index (χ3n) is 4.21. The van der Waals surface area contributed by atoms with E-state index in [4.69, 9.17) is 14.2 Å². The van der Waals surface area contributed by atoms with Gasteiger partial charge < -0.3 is 14.2 Å². The highest BCUT2D eigenvalue weighted by atomic mass is 16.6. The fraction of sp³-hybridized carbons (Fsp3) is 0.227. The predicted molar refractivity (Wildman–Crippen MR) is 103 cm³/mol. The number of ether oxygens (including phenoxy) is 3. The average Bonchev–Trinajstić information content (AvgIpc) is 2.73. The molecule has 150 valence electrons. The van der Waals surface area contributed by atoms with Crippen molar-refractivity contribution in [1.82, 2.24) is 4.90 Å². The van der Waals surface area contributed by atoms with Gasteiger partial charge in [0.25, 0.3) is 0 Å². The van der Waals surface area contributed by atoms with Crippen molar-refractivity contribution in [1.29, 1.82) is 0 Å². The highest BCUT2D eigenvalue weighted by Gasteiger charge is 2.35. The van der Waals surface area contributed by atoms with Crippen LogP contribution in [0, 0.1) is 0 Å². The van der Waals surface area contributed by atoms with E-state index in [9.17, 15) is 14.4 Å². The number of amides is 1. The number of hydrogen-bond acceptors (Lipinski definition) is 6. The summed E-state index contributed by atoms with van der Waals surface area (Å²) in [6.45, 7) is 1.37. The summed E-state index contributed by atoms with van der Waals surface area (Å²) in [6, 6.07) is 16.9.